The molecule has 7 heteroatoms. The largest absolute Gasteiger partial charge is 0.390 e. The number of hydrogen-bond acceptors (Lipinski definition) is 6. The third-order valence-electron chi connectivity index (χ3n) is 7.01. The number of anilines is 1. The van der Waals surface area contributed by atoms with Crippen molar-refractivity contribution in [2.24, 2.45) is 23.0 Å². The number of hydrogen-bond donors (Lipinski definition) is 5. The summed E-state index contributed by atoms with van der Waals surface area (Å²) < 4.78 is 5.41. The maximum Gasteiger partial charge on any atom is 0.225 e. The van der Waals surface area contributed by atoms with Crippen LogP contribution in [0.25, 0.3) is 0 Å². The smallest absolute Gasteiger partial charge is 0.225 e. The number of aliphatic hydroxyl groups excluding tert-OH is 1. The maximum absolute atomic E-state index is 12.6. The molecule has 0 bridgehead atoms. The van der Waals surface area contributed by atoms with Crippen LogP contribution in [0.5, 0.6) is 0 Å². The van der Waals surface area contributed by atoms with E-state index in [2.05, 4.69) is 43.5 Å². The van der Waals surface area contributed by atoms with E-state index in [1.807, 2.05) is 26.8 Å². The van der Waals surface area contributed by atoms with Gasteiger partial charge in [0.05, 0.1) is 6.10 Å². The van der Waals surface area contributed by atoms with Gasteiger partial charge in [-0.3, -0.25) is 4.79 Å². The molecule has 0 radical (unpaired) electrons. The van der Waals surface area contributed by atoms with Crippen LogP contribution < -0.4 is 16.4 Å². The lowest BCUT2D eigenvalue weighted by Crippen LogP contribution is -2.47. The second-order valence-electron chi connectivity index (χ2n) is 10.9. The number of benzene rings is 1. The second-order valence-corrected chi connectivity index (χ2v) is 10.9. The van der Waals surface area contributed by atoms with Gasteiger partial charge in [-0.05, 0) is 56.1 Å². The molecule has 0 aromatic heterocycles. The number of carbonyl (C=O) groups is 1. The normalized spacial score (nSPS) is 14.4. The van der Waals surface area contributed by atoms with Gasteiger partial charge in [-0.15, -0.1) is 0 Å². The van der Waals surface area contributed by atoms with Crippen molar-refractivity contribution >= 4 is 17.8 Å². The predicted molar refractivity (Wildman–Crippen MR) is 151 cm³/mol. The second kappa shape index (κ2) is 16.7. The van der Waals surface area contributed by atoms with E-state index in [9.17, 15) is 9.90 Å². The molecule has 0 aliphatic rings. The van der Waals surface area contributed by atoms with Crippen molar-refractivity contribution in [3.05, 3.63) is 29.3 Å². The van der Waals surface area contributed by atoms with Crippen LogP contribution >= 0.6 is 0 Å². The van der Waals surface area contributed by atoms with E-state index in [4.69, 9.17) is 15.9 Å². The number of carbonyl (C=O) groups excluding carboxylic acids is 1. The zero-order chi connectivity index (χ0) is 27.1. The molecule has 0 saturated heterocycles. The number of amides is 1. The number of nitrogens with two attached hydrogens (primary N) is 1. The highest BCUT2D eigenvalue weighted by Crippen LogP contribution is 2.26. The highest BCUT2D eigenvalue weighted by Gasteiger charge is 2.28. The van der Waals surface area contributed by atoms with Gasteiger partial charge >= 0.3 is 0 Å². The quantitative estimate of drug-likeness (QED) is 0.138. The Morgan fingerprint density at radius 1 is 1.25 bits per heavy atom. The van der Waals surface area contributed by atoms with Crippen molar-refractivity contribution in [2.45, 2.75) is 92.2 Å². The molecule has 0 aliphatic carbocycles. The summed E-state index contributed by atoms with van der Waals surface area (Å²) in [7, 11) is 0. The lowest BCUT2D eigenvalue weighted by atomic mass is 9.83. The molecule has 0 heterocycles. The predicted octanol–water partition coefficient (Wildman–Crippen LogP) is 4.75. The highest BCUT2D eigenvalue weighted by molar-refractivity contribution is 5.86. The lowest BCUT2D eigenvalue weighted by Gasteiger charge is -2.29. The Balaban J connectivity index is 2.73. The number of aliphatic hydroxyl groups is 1. The Hall–Kier alpha value is -1.96. The molecule has 3 unspecified atom stereocenters. The van der Waals surface area contributed by atoms with Crippen LogP contribution in [0.2, 0.25) is 0 Å². The van der Waals surface area contributed by atoms with E-state index >= 15 is 0 Å². The van der Waals surface area contributed by atoms with Crippen LogP contribution in [0, 0.1) is 22.7 Å². The molecule has 1 amide bonds. The van der Waals surface area contributed by atoms with E-state index in [0.717, 1.165) is 63.1 Å². The van der Waals surface area contributed by atoms with Crippen LogP contribution in [0.1, 0.15) is 84.8 Å². The molecule has 1 rings (SSSR count). The van der Waals surface area contributed by atoms with Gasteiger partial charge in [0.15, 0.2) is 0 Å². The number of unbranched alkanes of at least 4 members (excludes halogenated alkanes) is 1. The molecule has 6 N–H and O–H groups in total. The van der Waals surface area contributed by atoms with Gasteiger partial charge in [0.25, 0.3) is 0 Å². The van der Waals surface area contributed by atoms with E-state index in [-0.39, 0.29) is 18.4 Å². The summed E-state index contributed by atoms with van der Waals surface area (Å²) in [6.45, 7) is 14.8. The van der Waals surface area contributed by atoms with E-state index < -0.39 is 17.6 Å². The molecule has 0 aliphatic heterocycles. The molecule has 36 heavy (non-hydrogen) atoms. The van der Waals surface area contributed by atoms with E-state index in [1.165, 1.54) is 11.8 Å². The summed E-state index contributed by atoms with van der Waals surface area (Å²) in [4.78, 5) is 12.6. The molecular formula is C29H52N4O3. The molecular weight excluding hydrogens is 452 g/mol. The first-order chi connectivity index (χ1) is 17.0. The number of ether oxygens (including phenoxy) is 1. The van der Waals surface area contributed by atoms with Crippen molar-refractivity contribution in [3.63, 3.8) is 0 Å². The van der Waals surface area contributed by atoms with Crippen molar-refractivity contribution in [1.82, 2.24) is 5.32 Å². The third-order valence-corrected chi connectivity index (χ3v) is 7.01. The average Bonchev–Trinajstić information content (AvgIpc) is 2.85. The topological polar surface area (TPSA) is 120 Å². The zero-order valence-electron chi connectivity index (χ0n) is 23.5. The highest BCUT2D eigenvalue weighted by atomic mass is 16.5. The molecule has 0 spiro atoms. The molecule has 0 fully saturated rings. The minimum absolute atomic E-state index is 0.0322. The van der Waals surface area contributed by atoms with Gasteiger partial charge in [-0.1, -0.05) is 59.6 Å². The summed E-state index contributed by atoms with van der Waals surface area (Å²) in [6, 6.07) is 5.75. The average molecular weight is 505 g/mol. The zero-order valence-corrected chi connectivity index (χ0v) is 23.5. The first kappa shape index (κ1) is 32.1. The first-order valence-electron chi connectivity index (χ1n) is 13.7. The maximum atomic E-state index is 12.6. The van der Waals surface area contributed by atoms with Crippen LogP contribution in [0.4, 0.5) is 5.69 Å². The van der Waals surface area contributed by atoms with Gasteiger partial charge in [0.1, 0.15) is 0 Å². The standard InChI is InChI=1S/C29H52N4O3/c1-7-9-13-29(5,6)28(35)33-20-27(34)25(31)18-24(21(3)4)16-22-11-12-23(19-30)26(17-22)32-14-10-15-36-8-2/h11-12,17,19,21,24-25,27,30,32,34H,7-10,13-16,18,20,31H2,1-6H3,(H,33,35). The Labute approximate surface area is 219 Å². The molecule has 206 valence electrons. The fourth-order valence-electron chi connectivity index (χ4n) is 4.27. The monoisotopic (exact) mass is 504 g/mol. The van der Waals surface area contributed by atoms with Gasteiger partial charge < -0.3 is 31.6 Å². The van der Waals surface area contributed by atoms with Crippen LogP contribution in [0.3, 0.4) is 0 Å². The Bertz CT molecular complexity index is 782. The van der Waals surface area contributed by atoms with Gasteiger partial charge in [-0.2, -0.15) is 0 Å². The molecule has 1 aromatic carbocycles. The fraction of sp³-hybridized carbons (Fsp3) is 0.724. The number of rotatable bonds is 19. The van der Waals surface area contributed by atoms with Crippen molar-refractivity contribution in [2.75, 3.05) is 31.6 Å². The van der Waals surface area contributed by atoms with Crippen molar-refractivity contribution in [1.29, 1.82) is 5.41 Å². The first-order valence-corrected chi connectivity index (χ1v) is 13.7. The minimum atomic E-state index is -0.792. The summed E-state index contributed by atoms with van der Waals surface area (Å²) in [5.74, 6) is 0.633. The fourth-order valence-corrected chi connectivity index (χ4v) is 4.27. The van der Waals surface area contributed by atoms with Crippen LogP contribution in [-0.4, -0.2) is 55.7 Å². The summed E-state index contributed by atoms with van der Waals surface area (Å²) in [5, 5.41) is 24.8. The lowest BCUT2D eigenvalue weighted by molar-refractivity contribution is -0.130. The summed E-state index contributed by atoms with van der Waals surface area (Å²) >= 11 is 0. The van der Waals surface area contributed by atoms with Gasteiger partial charge in [0, 0.05) is 55.2 Å². The summed E-state index contributed by atoms with van der Waals surface area (Å²) in [6.07, 6.45) is 5.87. The molecule has 1 aromatic rings. The molecule has 3 atom stereocenters. The summed E-state index contributed by atoms with van der Waals surface area (Å²) in [5.41, 5.74) is 8.96. The Kier molecular flexibility index (Phi) is 14.9. The van der Waals surface area contributed by atoms with E-state index in [1.54, 1.807) is 0 Å². The Morgan fingerprint density at radius 3 is 2.58 bits per heavy atom. The van der Waals surface area contributed by atoms with E-state index in [0.29, 0.717) is 12.3 Å². The SMILES string of the molecule is CCCCC(C)(C)C(=O)NCC(O)C(N)CC(Cc1ccc(C=N)c(NCCCOCC)c1)C(C)C. The van der Waals surface area contributed by atoms with Crippen molar-refractivity contribution in [3.8, 4) is 0 Å². The third kappa shape index (κ3) is 11.4. The Morgan fingerprint density at radius 2 is 1.97 bits per heavy atom. The number of nitrogens with one attached hydrogen (secondary N) is 3. The van der Waals surface area contributed by atoms with Crippen molar-refractivity contribution < 1.29 is 14.6 Å². The van der Waals surface area contributed by atoms with Crippen LogP contribution in [0.15, 0.2) is 18.2 Å². The van der Waals surface area contributed by atoms with Gasteiger partial charge in [-0.25, -0.2) is 0 Å². The molecule has 7 nitrogen and oxygen atoms in total. The molecule has 0 saturated carbocycles. The van der Waals surface area contributed by atoms with Gasteiger partial charge in [0.2, 0.25) is 5.91 Å². The van der Waals surface area contributed by atoms with Crippen LogP contribution in [-0.2, 0) is 16.0 Å². The minimum Gasteiger partial charge on any atom is -0.390 e.